The third kappa shape index (κ3) is 2.49. The first-order valence-corrected chi connectivity index (χ1v) is 5.58. The average Bonchev–Trinajstić information content (AvgIpc) is 2.99. The second-order valence-corrected chi connectivity index (χ2v) is 3.91. The lowest BCUT2D eigenvalue weighted by Crippen LogP contribution is -1.89. The fraction of sp³-hybridized carbons (Fsp3) is 0.167. The van der Waals surface area contributed by atoms with Gasteiger partial charge >= 0.3 is 0 Å². The van der Waals surface area contributed by atoms with Crippen molar-refractivity contribution in [2.75, 3.05) is 0 Å². The monoisotopic (exact) mass is 260 g/mol. The molecular formula is C12H9FN4O2. The van der Waals surface area contributed by atoms with Crippen LogP contribution in [0.25, 0.3) is 11.4 Å². The van der Waals surface area contributed by atoms with E-state index in [0.29, 0.717) is 29.1 Å². The fourth-order valence-corrected chi connectivity index (χ4v) is 1.61. The summed E-state index contributed by atoms with van der Waals surface area (Å²) in [5.74, 6) is 1.18. The van der Waals surface area contributed by atoms with Gasteiger partial charge in [-0.1, -0.05) is 17.3 Å². The Hall–Kier alpha value is -2.57. The van der Waals surface area contributed by atoms with Gasteiger partial charge in [0, 0.05) is 12.5 Å². The van der Waals surface area contributed by atoms with Crippen LogP contribution in [0.5, 0.6) is 0 Å². The molecule has 3 aromatic rings. The predicted octanol–water partition coefficient (Wildman–Crippen LogP) is 2.16. The van der Waals surface area contributed by atoms with Gasteiger partial charge in [-0.05, 0) is 12.1 Å². The molecule has 0 bridgehead atoms. The van der Waals surface area contributed by atoms with Crippen LogP contribution in [-0.4, -0.2) is 20.3 Å². The Morgan fingerprint density at radius 1 is 1.21 bits per heavy atom. The zero-order valence-electron chi connectivity index (χ0n) is 10.00. The van der Waals surface area contributed by atoms with Crippen molar-refractivity contribution in [3.8, 4) is 11.4 Å². The second kappa shape index (κ2) is 4.60. The molecule has 0 amide bonds. The highest BCUT2D eigenvalue weighted by molar-refractivity contribution is 5.53. The molecule has 2 aromatic heterocycles. The molecule has 0 saturated heterocycles. The molecule has 0 unspecified atom stereocenters. The average molecular weight is 260 g/mol. The van der Waals surface area contributed by atoms with Crippen molar-refractivity contribution in [2.45, 2.75) is 13.3 Å². The molecule has 6 nitrogen and oxygen atoms in total. The zero-order chi connectivity index (χ0) is 13.2. The summed E-state index contributed by atoms with van der Waals surface area (Å²) in [5, 5.41) is 11.3. The molecule has 3 rings (SSSR count). The van der Waals surface area contributed by atoms with Crippen LogP contribution in [0.1, 0.15) is 17.7 Å². The molecule has 0 radical (unpaired) electrons. The predicted molar refractivity (Wildman–Crippen MR) is 61.5 cm³/mol. The fourth-order valence-electron chi connectivity index (χ4n) is 1.61. The Labute approximate surface area is 107 Å². The number of rotatable bonds is 3. The van der Waals surface area contributed by atoms with Gasteiger partial charge in [0.2, 0.25) is 23.5 Å². The van der Waals surface area contributed by atoms with E-state index in [1.807, 2.05) is 0 Å². The van der Waals surface area contributed by atoms with Crippen molar-refractivity contribution in [2.24, 2.45) is 0 Å². The van der Waals surface area contributed by atoms with Crippen LogP contribution < -0.4 is 0 Å². The van der Waals surface area contributed by atoms with E-state index in [9.17, 15) is 4.39 Å². The highest BCUT2D eigenvalue weighted by Gasteiger charge is 2.12. The topological polar surface area (TPSA) is 77.8 Å². The van der Waals surface area contributed by atoms with Crippen LogP contribution in [0.2, 0.25) is 0 Å². The maximum atomic E-state index is 13.1. The Balaban J connectivity index is 1.83. The van der Waals surface area contributed by atoms with Gasteiger partial charge in [-0.25, -0.2) is 4.39 Å². The summed E-state index contributed by atoms with van der Waals surface area (Å²) >= 11 is 0. The minimum Gasteiger partial charge on any atom is -0.425 e. The summed E-state index contributed by atoms with van der Waals surface area (Å²) in [7, 11) is 0. The SMILES string of the molecule is Cc1nnc(Cc2nc(-c3cccc(F)c3)no2)o1. The lowest BCUT2D eigenvalue weighted by molar-refractivity contribution is 0.371. The van der Waals surface area contributed by atoms with Crippen LogP contribution >= 0.6 is 0 Å². The molecule has 2 heterocycles. The number of aromatic nitrogens is 4. The molecule has 7 heteroatoms. The molecule has 1 aromatic carbocycles. The molecule has 0 atom stereocenters. The first kappa shape index (κ1) is 11.5. The Bertz CT molecular complexity index is 707. The third-order valence-corrected chi connectivity index (χ3v) is 2.42. The molecule has 0 fully saturated rings. The molecule has 0 aliphatic heterocycles. The molecule has 0 aliphatic rings. The maximum absolute atomic E-state index is 13.1. The van der Waals surface area contributed by atoms with Crippen LogP contribution in [0.15, 0.2) is 33.2 Å². The van der Waals surface area contributed by atoms with Gasteiger partial charge in [-0.2, -0.15) is 4.98 Å². The molecule has 19 heavy (non-hydrogen) atoms. The van der Waals surface area contributed by atoms with Gasteiger partial charge in [0.15, 0.2) is 0 Å². The standard InChI is InChI=1S/C12H9FN4O2/c1-7-15-16-11(18-7)6-10-14-12(17-19-10)8-3-2-4-9(13)5-8/h2-5H,6H2,1H3. The number of nitrogens with zero attached hydrogens (tertiary/aromatic N) is 4. The summed E-state index contributed by atoms with van der Waals surface area (Å²) in [4.78, 5) is 4.15. The Morgan fingerprint density at radius 3 is 2.84 bits per heavy atom. The van der Waals surface area contributed by atoms with Gasteiger partial charge in [-0.15, -0.1) is 10.2 Å². The van der Waals surface area contributed by atoms with Gasteiger partial charge in [0.25, 0.3) is 0 Å². The van der Waals surface area contributed by atoms with Gasteiger partial charge in [0.1, 0.15) is 12.2 Å². The zero-order valence-corrected chi connectivity index (χ0v) is 10.00. The van der Waals surface area contributed by atoms with Crippen molar-refractivity contribution >= 4 is 0 Å². The minimum absolute atomic E-state index is 0.253. The van der Waals surface area contributed by atoms with E-state index in [4.69, 9.17) is 8.94 Å². The molecule has 0 aliphatic carbocycles. The molecule has 0 N–H and O–H groups in total. The smallest absolute Gasteiger partial charge is 0.236 e. The lowest BCUT2D eigenvalue weighted by Gasteiger charge is -1.92. The van der Waals surface area contributed by atoms with E-state index < -0.39 is 0 Å². The quantitative estimate of drug-likeness (QED) is 0.718. The van der Waals surface area contributed by atoms with Crippen LogP contribution in [0.3, 0.4) is 0 Å². The number of aryl methyl sites for hydroxylation is 1. The second-order valence-electron chi connectivity index (χ2n) is 3.91. The van der Waals surface area contributed by atoms with E-state index in [2.05, 4.69) is 20.3 Å². The Morgan fingerprint density at radius 2 is 2.11 bits per heavy atom. The third-order valence-electron chi connectivity index (χ3n) is 2.42. The van der Waals surface area contributed by atoms with Crippen molar-refractivity contribution in [3.05, 3.63) is 47.8 Å². The van der Waals surface area contributed by atoms with E-state index in [0.717, 1.165) is 0 Å². The number of halogens is 1. The first-order valence-electron chi connectivity index (χ1n) is 5.58. The normalized spacial score (nSPS) is 10.8. The highest BCUT2D eigenvalue weighted by Crippen LogP contribution is 2.17. The van der Waals surface area contributed by atoms with Gasteiger partial charge in [-0.3, -0.25) is 0 Å². The number of hydrogen-bond donors (Lipinski definition) is 0. The van der Waals surface area contributed by atoms with Gasteiger partial charge < -0.3 is 8.94 Å². The summed E-state index contributed by atoms with van der Waals surface area (Å²) in [5.41, 5.74) is 0.553. The van der Waals surface area contributed by atoms with E-state index in [1.165, 1.54) is 12.1 Å². The Kier molecular flexibility index (Phi) is 2.79. The summed E-state index contributed by atoms with van der Waals surface area (Å²) in [6.07, 6.45) is 0.253. The van der Waals surface area contributed by atoms with Crippen LogP contribution in [0.4, 0.5) is 4.39 Å². The van der Waals surface area contributed by atoms with Gasteiger partial charge in [0.05, 0.1) is 0 Å². The summed E-state index contributed by atoms with van der Waals surface area (Å²) in [6.45, 7) is 1.70. The summed E-state index contributed by atoms with van der Waals surface area (Å²) < 4.78 is 23.4. The van der Waals surface area contributed by atoms with E-state index >= 15 is 0 Å². The molecular weight excluding hydrogens is 251 g/mol. The number of hydrogen-bond acceptors (Lipinski definition) is 6. The van der Waals surface area contributed by atoms with Crippen molar-refractivity contribution in [3.63, 3.8) is 0 Å². The highest BCUT2D eigenvalue weighted by atomic mass is 19.1. The minimum atomic E-state index is -0.351. The summed E-state index contributed by atoms with van der Waals surface area (Å²) in [6, 6.07) is 5.98. The van der Waals surface area contributed by atoms with Crippen molar-refractivity contribution < 1.29 is 13.3 Å². The number of benzene rings is 1. The maximum Gasteiger partial charge on any atom is 0.236 e. The molecule has 0 spiro atoms. The first-order chi connectivity index (χ1) is 9.20. The molecule has 96 valence electrons. The van der Waals surface area contributed by atoms with Crippen molar-refractivity contribution in [1.29, 1.82) is 0 Å². The van der Waals surface area contributed by atoms with E-state index in [1.54, 1.807) is 19.1 Å². The lowest BCUT2D eigenvalue weighted by atomic mass is 10.2. The molecule has 0 saturated carbocycles. The van der Waals surface area contributed by atoms with Crippen LogP contribution in [0, 0.1) is 12.7 Å². The van der Waals surface area contributed by atoms with E-state index in [-0.39, 0.29) is 12.2 Å². The largest absolute Gasteiger partial charge is 0.425 e. The van der Waals surface area contributed by atoms with Crippen molar-refractivity contribution in [1.82, 2.24) is 20.3 Å². The van der Waals surface area contributed by atoms with Crippen LogP contribution in [-0.2, 0) is 6.42 Å².